The predicted molar refractivity (Wildman–Crippen MR) is 510 cm³/mol. The second-order valence-corrected chi connectivity index (χ2v) is 34.0. The number of nitrogens with zero attached hydrogens (tertiary/aromatic N) is 14. The Kier molecular flexibility index (Phi) is 30.3. The fraction of sp³-hybridized carbons (Fsp3) is 0.0280. The van der Waals surface area contributed by atoms with Gasteiger partial charge >= 0.3 is 84.3 Å². The molecule has 18 nitrogen and oxygen atoms in total. The maximum absolute atomic E-state index is 11.3. The molecule has 0 fully saturated rings. The van der Waals surface area contributed by atoms with E-state index >= 15 is 0 Å². The van der Waals surface area contributed by atoms with Crippen molar-refractivity contribution in [3.8, 4) is 28.7 Å². The van der Waals surface area contributed by atoms with Crippen LogP contribution in [-0.2, 0) is 89.7 Å². The molecule has 21 rings (SSSR count). The average Bonchev–Trinajstić information content (AvgIpc) is 1.69. The summed E-state index contributed by atoms with van der Waals surface area (Å²) in [6.45, 7) is 12.1. The number of phenols is 4. The van der Waals surface area contributed by atoms with Crippen LogP contribution >= 0.6 is 0 Å². The van der Waals surface area contributed by atoms with Crippen LogP contribution in [0.2, 0.25) is 0 Å². The summed E-state index contributed by atoms with van der Waals surface area (Å²) >= 11 is 0. The van der Waals surface area contributed by atoms with Gasteiger partial charge in [0.2, 0.25) is 0 Å². The zero-order valence-corrected chi connectivity index (χ0v) is 80.1. The zero-order valence-electron chi connectivity index (χ0n) is 70.0. The van der Waals surface area contributed by atoms with Crippen LogP contribution in [0.5, 0.6) is 23.0 Å². The van der Waals surface area contributed by atoms with Crippen molar-refractivity contribution < 1.29 is 105 Å². The van der Waals surface area contributed by atoms with E-state index in [4.69, 9.17) is 0 Å². The number of hydrogen-bond acceptors (Lipinski definition) is 17. The van der Waals surface area contributed by atoms with Gasteiger partial charge in [-0.25, -0.2) is 19.9 Å². The van der Waals surface area contributed by atoms with Gasteiger partial charge in [-0.05, 0) is 168 Å². The number of aromatic hydroxyl groups is 4. The first-order chi connectivity index (χ1) is 61.9. The molecule has 0 aliphatic carbocycles. The van der Waals surface area contributed by atoms with Gasteiger partial charge in [0.15, 0.2) is 8.07 Å². The van der Waals surface area contributed by atoms with Gasteiger partial charge in [-0.2, -0.15) is 71.4 Å². The summed E-state index contributed by atoms with van der Waals surface area (Å²) in [5, 5.41) is 49.3. The Morgan fingerprint density at radius 1 is 0.308 bits per heavy atom. The third-order valence-electron chi connectivity index (χ3n) is 22.1. The molecule has 130 heavy (non-hydrogen) atoms. The van der Waals surface area contributed by atoms with Gasteiger partial charge in [0, 0.05) is 46.8 Å². The first-order valence-electron chi connectivity index (χ1n) is 41.1. The average molecular weight is 2440 g/mol. The van der Waals surface area contributed by atoms with Crippen LogP contribution in [0.15, 0.2) is 426 Å². The SMILES string of the molecule is CC(C)(c1[c-]c(N2C=CN(c3ccccn3)[CH-]2)ccc1)c1ccccc1O.Oc1cccc2c3ccccc3n(-c3[c-]c(N4C=CN(c5ccccn5)[CH-]4)ccc3)c12.Oc1ccccc1N(c1[c-]c(N2C=CN(c3ccccn3)[CH-]2)ccc1)c1ccccc1.Oc1ccccc1[Si](c1[c-]c(N2C=CN(c3ccccn3)[CH-]2)ccc1)(c1ccccc1)c1ccccc1.[Pt+2].[Pt+2].[Pt+2].[Pt+2]. The van der Waals surface area contributed by atoms with Crippen molar-refractivity contribution in [2.75, 3.05) is 44.1 Å². The normalized spacial score (nSPS) is 13.0. The van der Waals surface area contributed by atoms with E-state index in [2.05, 4.69) is 152 Å². The van der Waals surface area contributed by atoms with E-state index in [1.165, 1.54) is 10.4 Å². The van der Waals surface area contributed by atoms with E-state index in [0.29, 0.717) is 17.2 Å². The molecular formula is C107H84N14O4Pt4Si. The van der Waals surface area contributed by atoms with Crippen LogP contribution in [0, 0.1) is 50.9 Å². The Labute approximate surface area is 816 Å². The number of pyridine rings is 4. The summed E-state index contributed by atoms with van der Waals surface area (Å²) in [4.78, 5) is 35.6. The fourth-order valence-corrected chi connectivity index (χ4v) is 20.7. The van der Waals surface area contributed by atoms with Crippen molar-refractivity contribution in [2.45, 2.75) is 19.3 Å². The van der Waals surface area contributed by atoms with Gasteiger partial charge in [-0.1, -0.05) is 207 Å². The topological polar surface area (TPSA) is 167 Å². The second kappa shape index (κ2) is 42.5. The molecule has 0 bridgehead atoms. The minimum absolute atomic E-state index is 0. The number of phenolic OH excluding ortho intramolecular Hbond substituents is 4. The molecule has 0 unspecified atom stereocenters. The van der Waals surface area contributed by atoms with Crippen molar-refractivity contribution in [3.05, 3.63) is 488 Å². The van der Waals surface area contributed by atoms with Gasteiger partial charge in [0.05, 0.1) is 16.7 Å². The Hall–Kier alpha value is -13.6. The summed E-state index contributed by atoms with van der Waals surface area (Å²) in [6, 6.07) is 129. The molecule has 12 aromatic carbocycles. The number of anilines is 11. The van der Waals surface area contributed by atoms with Crippen molar-refractivity contribution in [3.63, 3.8) is 0 Å². The van der Waals surface area contributed by atoms with Crippen LogP contribution < -0.4 is 64.8 Å². The maximum atomic E-state index is 11.3. The smallest absolute Gasteiger partial charge is 0.508 e. The van der Waals surface area contributed by atoms with Crippen LogP contribution in [0.25, 0.3) is 27.5 Å². The van der Waals surface area contributed by atoms with Gasteiger partial charge in [-0.15, -0.1) is 85.8 Å². The number of rotatable bonds is 18. The quantitative estimate of drug-likeness (QED) is 0.0364. The van der Waals surface area contributed by atoms with E-state index in [0.717, 1.165) is 106 Å². The van der Waals surface area contributed by atoms with Crippen LogP contribution in [-0.4, -0.2) is 53.0 Å². The first kappa shape index (κ1) is 92.5. The molecule has 4 aliphatic rings. The van der Waals surface area contributed by atoms with Gasteiger partial charge in [-0.3, -0.25) is 0 Å². The van der Waals surface area contributed by atoms with Crippen molar-refractivity contribution in [1.82, 2.24) is 24.5 Å². The Morgan fingerprint density at radius 2 is 0.692 bits per heavy atom. The predicted octanol–water partition coefficient (Wildman–Crippen LogP) is 20.3. The van der Waals surface area contributed by atoms with Crippen molar-refractivity contribution in [2.24, 2.45) is 0 Å². The molecule has 0 saturated carbocycles. The summed E-state index contributed by atoms with van der Waals surface area (Å²) < 4.78 is 2.07. The molecule has 650 valence electrons. The fourth-order valence-electron chi connectivity index (χ4n) is 15.9. The number of benzene rings is 12. The summed E-state index contributed by atoms with van der Waals surface area (Å²) in [7, 11) is -2.90. The molecule has 9 heterocycles. The molecule has 4 N–H and O–H groups in total. The second-order valence-electron chi connectivity index (χ2n) is 30.2. The molecule has 0 amide bonds. The van der Waals surface area contributed by atoms with Gasteiger partial charge < -0.3 is 69.1 Å². The molecule has 0 spiro atoms. The monoisotopic (exact) mass is 2440 g/mol. The van der Waals surface area contributed by atoms with Crippen LogP contribution in [0.1, 0.15) is 25.0 Å². The third-order valence-corrected chi connectivity index (χ3v) is 26.8. The number of para-hydroxylation sites is 7. The largest absolute Gasteiger partial charge is 2.00 e. The molecule has 0 atom stereocenters. The minimum Gasteiger partial charge on any atom is -0.508 e. The zero-order chi connectivity index (χ0) is 85.8. The Bertz CT molecular complexity index is 6720. The van der Waals surface area contributed by atoms with Crippen molar-refractivity contribution in [1.29, 1.82) is 0 Å². The molecule has 5 aromatic heterocycles. The van der Waals surface area contributed by atoms with Crippen LogP contribution in [0.3, 0.4) is 0 Å². The van der Waals surface area contributed by atoms with Crippen molar-refractivity contribution >= 4 is 114 Å². The maximum Gasteiger partial charge on any atom is 2.00 e. The van der Waals surface area contributed by atoms with E-state index < -0.39 is 8.07 Å². The Morgan fingerprint density at radius 3 is 1.20 bits per heavy atom. The van der Waals surface area contributed by atoms with E-state index in [-0.39, 0.29) is 101 Å². The first-order valence-corrected chi connectivity index (χ1v) is 43.1. The summed E-state index contributed by atoms with van der Waals surface area (Å²) in [6.07, 6.45) is 23.0. The molecule has 4 aliphatic heterocycles. The van der Waals surface area contributed by atoms with Gasteiger partial charge in [0.1, 0.15) is 46.3 Å². The number of hydrogen-bond donors (Lipinski definition) is 4. The molecule has 17 aromatic rings. The molecule has 23 heteroatoms. The number of aromatic nitrogens is 5. The molecule has 0 saturated heterocycles. The molecular weight excluding hydrogens is 2350 g/mol. The third kappa shape index (κ3) is 19.8. The molecule has 0 radical (unpaired) electrons. The van der Waals surface area contributed by atoms with E-state index in [9.17, 15) is 20.4 Å². The summed E-state index contributed by atoms with van der Waals surface area (Å²) in [5.74, 6) is 4.47. The summed E-state index contributed by atoms with van der Waals surface area (Å²) in [5.41, 5.74) is 10.3. The van der Waals surface area contributed by atoms with Gasteiger partial charge in [0.25, 0.3) is 0 Å². The van der Waals surface area contributed by atoms with Crippen LogP contribution in [0.4, 0.5) is 63.1 Å². The minimum atomic E-state index is -2.90. The van der Waals surface area contributed by atoms with E-state index in [1.807, 2.05) is 358 Å². The van der Waals surface area contributed by atoms with E-state index in [1.54, 1.807) is 49.1 Å². The standard InChI is InChI=1S/C32H25N3OSi.C26H18N4O.C26H20N4O.C23H21N3O.4Pt/c36-30-18-7-8-19-31(30)37(27-13-3-1-4-14-27,28-15-5-2-6-16-28)29-17-11-12-26(24-29)34-22-23-35(25-34)32-20-9-10-21-33-32;31-24-12-6-10-22-21-9-1-2-11-23(21)30(26(22)24)20-8-5-7-19(17-20)28-15-16-29(18-28)25-13-3-4-14-27-25;31-25-14-5-4-13-24(25)30(21-9-2-1-3-10-21)23-12-8-11-22(19-23)28-17-18-29(20-28)26-15-6-7-16-27-26;1-23(2,20-10-3-4-11-21(20)27)18-8-7-9-19(16-18)25-14-15-26(17-25)22-12-5-6-13-24-22;;;;/h1-23,25,36H;1-16,18,31H;1-18,20,31H;3-15,17,27H,1-2H3;;;;/q4*-2;4*+2. The Balaban J connectivity index is 0.000000139. The number of fused-ring (bicyclic) bond motifs is 3.